The van der Waals surface area contributed by atoms with Crippen LogP contribution in [0.25, 0.3) is 0 Å². The van der Waals surface area contributed by atoms with Crippen LogP contribution in [-0.4, -0.2) is 22.6 Å². The maximum Gasteiger partial charge on any atom is 0.307 e. The first kappa shape index (κ1) is 16.6. The number of carbonyl (C=O) groups is 2. The van der Waals surface area contributed by atoms with E-state index in [-0.39, 0.29) is 17.8 Å². The number of hydrogen-bond donors (Lipinski definition) is 1. The molecule has 0 bridgehead atoms. The third-order valence-corrected chi connectivity index (χ3v) is 3.48. The highest BCUT2D eigenvalue weighted by molar-refractivity contribution is 5.72. The van der Waals surface area contributed by atoms with Crippen LogP contribution in [0.3, 0.4) is 0 Å². The summed E-state index contributed by atoms with van der Waals surface area (Å²) in [6.45, 7) is 7.25. The van der Waals surface area contributed by atoms with Gasteiger partial charge in [-0.1, -0.05) is 5.92 Å². The number of carboxylic acids is 1. The second kappa shape index (κ2) is 6.78. The summed E-state index contributed by atoms with van der Waals surface area (Å²) in [5.74, 6) is 4.41. The number of carboxylic acid groups (broad SMARTS) is 1. The van der Waals surface area contributed by atoms with Crippen molar-refractivity contribution in [2.45, 2.75) is 59.0 Å². The average molecular weight is 280 g/mol. The van der Waals surface area contributed by atoms with Gasteiger partial charge in [-0.25, -0.2) is 0 Å². The number of aliphatic carboxylic acids is 1. The van der Waals surface area contributed by atoms with Gasteiger partial charge >= 0.3 is 11.9 Å². The Morgan fingerprint density at radius 1 is 1.30 bits per heavy atom. The van der Waals surface area contributed by atoms with Crippen LogP contribution in [0, 0.1) is 29.6 Å². The van der Waals surface area contributed by atoms with Crippen LogP contribution >= 0.6 is 0 Å². The summed E-state index contributed by atoms with van der Waals surface area (Å²) in [6.07, 6.45) is 2.35. The summed E-state index contributed by atoms with van der Waals surface area (Å²) in [4.78, 5) is 23.0. The molecule has 0 aromatic carbocycles. The van der Waals surface area contributed by atoms with Crippen molar-refractivity contribution in [2.75, 3.05) is 0 Å². The first-order valence-electron chi connectivity index (χ1n) is 7.10. The Bertz CT molecular complexity index is 422. The maximum absolute atomic E-state index is 11.8. The molecule has 0 amide bonds. The highest BCUT2D eigenvalue weighted by Gasteiger charge is 2.35. The van der Waals surface area contributed by atoms with Crippen molar-refractivity contribution in [3.63, 3.8) is 0 Å². The first-order valence-corrected chi connectivity index (χ1v) is 7.10. The van der Waals surface area contributed by atoms with E-state index in [0.29, 0.717) is 19.3 Å². The standard InChI is InChI=1S/C16H24O4/c1-5-6-12-9-11(7-8-13(12)15(18)19)10-14(17)20-16(2,3)4/h11-13H,7-10H2,1-4H3,(H,18,19). The quantitative estimate of drug-likeness (QED) is 0.638. The molecule has 0 saturated heterocycles. The Balaban J connectivity index is 2.60. The Morgan fingerprint density at radius 2 is 1.95 bits per heavy atom. The molecule has 20 heavy (non-hydrogen) atoms. The predicted molar refractivity (Wildman–Crippen MR) is 75.9 cm³/mol. The van der Waals surface area contributed by atoms with Crippen molar-refractivity contribution in [1.29, 1.82) is 0 Å². The van der Waals surface area contributed by atoms with Gasteiger partial charge in [0.25, 0.3) is 0 Å². The van der Waals surface area contributed by atoms with E-state index >= 15 is 0 Å². The van der Waals surface area contributed by atoms with E-state index in [4.69, 9.17) is 4.74 Å². The van der Waals surface area contributed by atoms with Crippen molar-refractivity contribution >= 4 is 11.9 Å². The molecule has 3 unspecified atom stereocenters. The fourth-order valence-electron chi connectivity index (χ4n) is 2.70. The molecule has 4 nitrogen and oxygen atoms in total. The Hall–Kier alpha value is -1.50. The smallest absolute Gasteiger partial charge is 0.307 e. The van der Waals surface area contributed by atoms with Gasteiger partial charge in [0.2, 0.25) is 0 Å². The van der Waals surface area contributed by atoms with E-state index in [9.17, 15) is 14.7 Å². The minimum Gasteiger partial charge on any atom is -0.481 e. The first-order chi connectivity index (χ1) is 9.23. The van der Waals surface area contributed by atoms with Crippen molar-refractivity contribution in [1.82, 2.24) is 0 Å². The number of ether oxygens (including phenoxy) is 1. The normalized spacial score (nSPS) is 26.3. The van der Waals surface area contributed by atoms with E-state index in [1.54, 1.807) is 6.92 Å². The third kappa shape index (κ3) is 5.24. The molecule has 4 heteroatoms. The van der Waals surface area contributed by atoms with Gasteiger partial charge in [0.15, 0.2) is 0 Å². The summed E-state index contributed by atoms with van der Waals surface area (Å²) in [5, 5.41) is 9.20. The molecule has 0 aromatic rings. The molecule has 1 rings (SSSR count). The Kier molecular flexibility index (Phi) is 5.62. The van der Waals surface area contributed by atoms with Gasteiger partial charge in [0, 0.05) is 12.3 Å². The van der Waals surface area contributed by atoms with E-state index in [0.717, 1.165) is 6.42 Å². The molecule has 0 aromatic heterocycles. The molecule has 1 N–H and O–H groups in total. The zero-order valence-corrected chi connectivity index (χ0v) is 12.7. The lowest BCUT2D eigenvalue weighted by molar-refractivity contribution is -0.156. The van der Waals surface area contributed by atoms with Crippen LogP contribution in [-0.2, 0) is 14.3 Å². The highest BCUT2D eigenvalue weighted by atomic mass is 16.6. The fraction of sp³-hybridized carbons (Fsp3) is 0.750. The Morgan fingerprint density at radius 3 is 2.45 bits per heavy atom. The lowest BCUT2D eigenvalue weighted by Crippen LogP contribution is -2.32. The largest absolute Gasteiger partial charge is 0.481 e. The molecule has 0 heterocycles. The van der Waals surface area contributed by atoms with Gasteiger partial charge in [0.05, 0.1) is 5.92 Å². The van der Waals surface area contributed by atoms with Gasteiger partial charge < -0.3 is 9.84 Å². The molecule has 0 spiro atoms. The van der Waals surface area contributed by atoms with Gasteiger partial charge in [0.1, 0.15) is 5.60 Å². The zero-order chi connectivity index (χ0) is 15.3. The summed E-state index contributed by atoms with van der Waals surface area (Å²) in [7, 11) is 0. The van der Waals surface area contributed by atoms with Crippen LogP contribution in [0.4, 0.5) is 0 Å². The van der Waals surface area contributed by atoms with Crippen molar-refractivity contribution in [3.05, 3.63) is 0 Å². The van der Waals surface area contributed by atoms with Crippen LogP contribution in [0.15, 0.2) is 0 Å². The monoisotopic (exact) mass is 280 g/mol. The minimum atomic E-state index is -0.784. The van der Waals surface area contributed by atoms with Crippen molar-refractivity contribution < 1.29 is 19.4 Å². The highest BCUT2D eigenvalue weighted by Crippen LogP contribution is 2.36. The van der Waals surface area contributed by atoms with Gasteiger partial charge in [-0.2, -0.15) is 0 Å². The third-order valence-electron chi connectivity index (χ3n) is 3.48. The molecule has 1 saturated carbocycles. The van der Waals surface area contributed by atoms with Gasteiger partial charge in [-0.15, -0.1) is 5.92 Å². The molecule has 3 atom stereocenters. The summed E-state index contributed by atoms with van der Waals surface area (Å²) >= 11 is 0. The van der Waals surface area contributed by atoms with Crippen molar-refractivity contribution in [2.24, 2.45) is 17.8 Å². The van der Waals surface area contributed by atoms with E-state index in [2.05, 4.69) is 11.8 Å². The number of carbonyl (C=O) groups excluding carboxylic acids is 1. The second-order valence-corrected chi connectivity index (χ2v) is 6.42. The summed E-state index contributed by atoms with van der Waals surface area (Å²) in [5.41, 5.74) is -0.474. The molecule has 0 radical (unpaired) electrons. The van der Waals surface area contributed by atoms with Gasteiger partial charge in [-0.3, -0.25) is 9.59 Å². The number of rotatable bonds is 3. The number of esters is 1. The molecular weight excluding hydrogens is 256 g/mol. The van der Waals surface area contributed by atoms with Crippen LogP contribution in [0.5, 0.6) is 0 Å². The molecule has 0 aliphatic heterocycles. The SMILES string of the molecule is CC#CC1CC(CC(=O)OC(C)(C)C)CCC1C(=O)O. The minimum absolute atomic E-state index is 0.154. The van der Waals surface area contributed by atoms with Crippen LogP contribution in [0.2, 0.25) is 0 Å². The van der Waals surface area contributed by atoms with Gasteiger partial charge in [-0.05, 0) is 52.9 Å². The van der Waals surface area contributed by atoms with Crippen LogP contribution in [0.1, 0.15) is 53.4 Å². The zero-order valence-electron chi connectivity index (χ0n) is 12.7. The van der Waals surface area contributed by atoms with E-state index in [1.165, 1.54) is 0 Å². The van der Waals surface area contributed by atoms with Crippen LogP contribution < -0.4 is 0 Å². The Labute approximate surface area is 120 Å². The molecular formula is C16H24O4. The number of hydrogen-bond acceptors (Lipinski definition) is 3. The lowest BCUT2D eigenvalue weighted by Gasteiger charge is -2.31. The molecule has 1 aliphatic carbocycles. The average Bonchev–Trinajstić information content (AvgIpc) is 2.26. The molecule has 1 aliphatic rings. The fourth-order valence-corrected chi connectivity index (χ4v) is 2.70. The summed E-state index contributed by atoms with van der Waals surface area (Å²) in [6, 6.07) is 0. The predicted octanol–water partition coefficient (Wildman–Crippen LogP) is 2.86. The maximum atomic E-state index is 11.8. The molecule has 112 valence electrons. The van der Waals surface area contributed by atoms with E-state index in [1.807, 2.05) is 20.8 Å². The molecule has 1 fully saturated rings. The second-order valence-electron chi connectivity index (χ2n) is 6.42. The lowest BCUT2D eigenvalue weighted by atomic mass is 9.73. The van der Waals surface area contributed by atoms with Crippen molar-refractivity contribution in [3.8, 4) is 11.8 Å². The van der Waals surface area contributed by atoms with E-state index < -0.39 is 17.5 Å². The summed E-state index contributed by atoms with van der Waals surface area (Å²) < 4.78 is 5.32. The topological polar surface area (TPSA) is 63.6 Å².